The number of hydrogen-bond donors (Lipinski definition) is 1. The van der Waals surface area contributed by atoms with E-state index in [-0.39, 0.29) is 0 Å². The van der Waals surface area contributed by atoms with Crippen LogP contribution in [0.2, 0.25) is 0 Å². The molecule has 2 rings (SSSR count). The molecule has 18 heavy (non-hydrogen) atoms. The zero-order chi connectivity index (χ0) is 13.0. The van der Waals surface area contributed by atoms with Crippen molar-refractivity contribution in [2.75, 3.05) is 31.7 Å². The maximum absolute atomic E-state index is 5.84. The first-order valence-electron chi connectivity index (χ1n) is 6.22. The van der Waals surface area contributed by atoms with Gasteiger partial charge in [-0.15, -0.1) is 0 Å². The van der Waals surface area contributed by atoms with Gasteiger partial charge in [-0.25, -0.2) is 4.98 Å². The summed E-state index contributed by atoms with van der Waals surface area (Å²) in [7, 11) is 2.01. The van der Waals surface area contributed by atoms with Crippen LogP contribution >= 0.6 is 0 Å². The number of likely N-dealkylation sites (N-methyl/N-ethyl adjacent to an activating group) is 1. The Morgan fingerprint density at radius 2 is 2.28 bits per heavy atom. The van der Waals surface area contributed by atoms with Gasteiger partial charge >= 0.3 is 0 Å². The van der Waals surface area contributed by atoms with Crippen LogP contribution in [0, 0.1) is 0 Å². The van der Waals surface area contributed by atoms with Crippen molar-refractivity contribution in [2.24, 2.45) is 5.73 Å². The van der Waals surface area contributed by atoms with E-state index in [4.69, 9.17) is 10.5 Å². The molecule has 0 saturated carbocycles. The predicted molar refractivity (Wildman–Crippen MR) is 72.8 cm³/mol. The molecule has 0 amide bonds. The van der Waals surface area contributed by atoms with Gasteiger partial charge in [-0.1, -0.05) is 6.07 Å². The third-order valence-electron chi connectivity index (χ3n) is 2.94. The maximum atomic E-state index is 5.84. The van der Waals surface area contributed by atoms with Crippen LogP contribution in [0.5, 0.6) is 0 Å². The molecule has 0 aliphatic carbocycles. The summed E-state index contributed by atoms with van der Waals surface area (Å²) in [4.78, 5) is 6.70. The van der Waals surface area contributed by atoms with E-state index in [1.165, 1.54) is 0 Å². The molecular weight excluding hydrogens is 228 g/mol. The number of anilines is 1. The van der Waals surface area contributed by atoms with Crippen molar-refractivity contribution in [1.29, 1.82) is 0 Å². The fourth-order valence-electron chi connectivity index (χ4n) is 1.98. The largest absolute Gasteiger partial charge is 0.380 e. The highest BCUT2D eigenvalue weighted by Gasteiger charge is 2.13. The van der Waals surface area contributed by atoms with Crippen molar-refractivity contribution >= 4 is 11.5 Å². The number of rotatable bonds is 6. The number of nitrogens with two attached hydrogens (primary N) is 1. The summed E-state index contributed by atoms with van der Waals surface area (Å²) in [5.74, 6) is 0.934. The normalized spacial score (nSPS) is 11.1. The Labute approximate surface area is 107 Å². The number of aromatic nitrogens is 2. The molecule has 0 unspecified atom stereocenters. The number of ether oxygens (including phenoxy) is 1. The van der Waals surface area contributed by atoms with E-state index >= 15 is 0 Å². The fourth-order valence-corrected chi connectivity index (χ4v) is 1.98. The van der Waals surface area contributed by atoms with Crippen molar-refractivity contribution in [3.8, 4) is 0 Å². The zero-order valence-electron chi connectivity index (χ0n) is 11.0. The number of pyridine rings is 1. The van der Waals surface area contributed by atoms with Gasteiger partial charge in [0.05, 0.1) is 12.3 Å². The van der Waals surface area contributed by atoms with E-state index in [0.717, 1.165) is 30.3 Å². The van der Waals surface area contributed by atoms with E-state index < -0.39 is 0 Å². The van der Waals surface area contributed by atoms with Gasteiger partial charge in [-0.2, -0.15) is 0 Å². The lowest BCUT2D eigenvalue weighted by molar-refractivity contribution is 0.154. The van der Waals surface area contributed by atoms with Crippen LogP contribution in [-0.2, 0) is 11.3 Å². The minimum absolute atomic E-state index is 0.472. The molecule has 5 heteroatoms. The van der Waals surface area contributed by atoms with E-state index in [1.807, 2.05) is 42.8 Å². The molecule has 0 aliphatic heterocycles. The van der Waals surface area contributed by atoms with Crippen LogP contribution in [-0.4, -0.2) is 36.2 Å². The van der Waals surface area contributed by atoms with Gasteiger partial charge in [0.1, 0.15) is 5.65 Å². The first kappa shape index (κ1) is 12.9. The summed E-state index contributed by atoms with van der Waals surface area (Å²) in [6, 6.07) is 5.95. The quantitative estimate of drug-likeness (QED) is 0.782. The van der Waals surface area contributed by atoms with E-state index in [2.05, 4.69) is 9.88 Å². The molecule has 0 saturated heterocycles. The molecule has 2 aromatic heterocycles. The van der Waals surface area contributed by atoms with Crippen molar-refractivity contribution in [2.45, 2.75) is 13.5 Å². The summed E-state index contributed by atoms with van der Waals surface area (Å²) in [5.41, 5.74) is 7.79. The number of fused-ring (bicyclic) bond motifs is 1. The monoisotopic (exact) mass is 248 g/mol. The van der Waals surface area contributed by atoms with Crippen LogP contribution in [0.25, 0.3) is 5.65 Å². The highest BCUT2D eigenvalue weighted by Crippen LogP contribution is 2.20. The zero-order valence-corrected chi connectivity index (χ0v) is 11.0. The molecule has 2 aromatic rings. The van der Waals surface area contributed by atoms with E-state index in [9.17, 15) is 0 Å². The summed E-state index contributed by atoms with van der Waals surface area (Å²) in [5, 5.41) is 0. The van der Waals surface area contributed by atoms with Crippen LogP contribution in [0.4, 0.5) is 5.82 Å². The van der Waals surface area contributed by atoms with Gasteiger partial charge in [-0.05, 0) is 19.1 Å². The second-order valence-electron chi connectivity index (χ2n) is 4.13. The highest BCUT2D eigenvalue weighted by atomic mass is 16.5. The summed E-state index contributed by atoms with van der Waals surface area (Å²) >= 11 is 0. The third kappa shape index (κ3) is 2.47. The first-order valence-corrected chi connectivity index (χ1v) is 6.22. The van der Waals surface area contributed by atoms with Crippen molar-refractivity contribution in [3.63, 3.8) is 0 Å². The Kier molecular flexibility index (Phi) is 4.17. The molecule has 0 radical (unpaired) electrons. The molecule has 0 fully saturated rings. The van der Waals surface area contributed by atoms with Crippen molar-refractivity contribution in [1.82, 2.24) is 9.38 Å². The molecule has 0 aromatic carbocycles. The standard InChI is InChI=1S/C13H20N4O/c1-3-18-9-8-16(2)13-11(10-14)17-7-5-4-6-12(17)15-13/h4-7H,3,8-10,14H2,1-2H3. The predicted octanol–water partition coefficient (Wildman–Crippen LogP) is 1.27. The summed E-state index contributed by atoms with van der Waals surface area (Å²) < 4.78 is 7.40. The first-order chi connectivity index (χ1) is 8.77. The molecule has 0 aliphatic rings. The Balaban J connectivity index is 2.26. The third-order valence-corrected chi connectivity index (χ3v) is 2.94. The second-order valence-corrected chi connectivity index (χ2v) is 4.13. The number of imidazole rings is 1. The Bertz CT molecular complexity index is 509. The van der Waals surface area contributed by atoms with Gasteiger partial charge in [-0.3, -0.25) is 0 Å². The summed E-state index contributed by atoms with van der Waals surface area (Å²) in [6.07, 6.45) is 1.99. The van der Waals surface area contributed by atoms with Crippen molar-refractivity contribution < 1.29 is 4.74 Å². The van der Waals surface area contributed by atoms with Crippen LogP contribution in [0.3, 0.4) is 0 Å². The molecule has 0 spiro atoms. The average Bonchev–Trinajstić information content (AvgIpc) is 2.77. The second kappa shape index (κ2) is 5.84. The SMILES string of the molecule is CCOCCN(C)c1nc2ccccn2c1CN. The van der Waals surface area contributed by atoms with Crippen molar-refractivity contribution in [3.05, 3.63) is 30.1 Å². The minimum atomic E-state index is 0.472. The van der Waals surface area contributed by atoms with E-state index in [0.29, 0.717) is 13.2 Å². The topological polar surface area (TPSA) is 55.8 Å². The molecule has 2 N–H and O–H groups in total. The lowest BCUT2D eigenvalue weighted by Crippen LogP contribution is -2.24. The Morgan fingerprint density at radius 1 is 1.44 bits per heavy atom. The maximum Gasteiger partial charge on any atom is 0.152 e. The minimum Gasteiger partial charge on any atom is -0.380 e. The Morgan fingerprint density at radius 3 is 3.00 bits per heavy atom. The summed E-state index contributed by atoms with van der Waals surface area (Å²) in [6.45, 7) is 4.72. The number of hydrogen-bond acceptors (Lipinski definition) is 4. The highest BCUT2D eigenvalue weighted by molar-refractivity contribution is 5.55. The lowest BCUT2D eigenvalue weighted by Gasteiger charge is -2.17. The molecule has 0 atom stereocenters. The van der Waals surface area contributed by atoms with Crippen LogP contribution in [0.15, 0.2) is 24.4 Å². The molecule has 0 bridgehead atoms. The van der Waals surface area contributed by atoms with Gasteiger partial charge in [0.25, 0.3) is 0 Å². The number of nitrogens with zero attached hydrogens (tertiary/aromatic N) is 3. The lowest BCUT2D eigenvalue weighted by atomic mass is 10.4. The molecule has 2 heterocycles. The molecule has 5 nitrogen and oxygen atoms in total. The molecule has 98 valence electrons. The van der Waals surface area contributed by atoms with E-state index in [1.54, 1.807) is 0 Å². The average molecular weight is 248 g/mol. The fraction of sp³-hybridized carbons (Fsp3) is 0.462. The van der Waals surface area contributed by atoms with Gasteiger partial charge in [0.15, 0.2) is 5.82 Å². The van der Waals surface area contributed by atoms with Gasteiger partial charge < -0.3 is 19.8 Å². The van der Waals surface area contributed by atoms with Gasteiger partial charge in [0, 0.05) is 32.9 Å². The van der Waals surface area contributed by atoms with Crippen LogP contribution in [0.1, 0.15) is 12.6 Å². The van der Waals surface area contributed by atoms with Gasteiger partial charge in [0.2, 0.25) is 0 Å². The smallest absolute Gasteiger partial charge is 0.152 e. The Hall–Kier alpha value is -1.59. The molecular formula is C13H20N4O. The van der Waals surface area contributed by atoms with Crippen LogP contribution < -0.4 is 10.6 Å².